The number of ether oxygens (including phenoxy) is 2. The van der Waals surface area contributed by atoms with Crippen LogP contribution in [-0.2, 0) is 14.3 Å². The number of rotatable bonds is 12. The molecule has 5 nitrogen and oxygen atoms in total. The molecular weight excluding hydrogens is 368 g/mol. The van der Waals surface area contributed by atoms with Crippen LogP contribution >= 0.6 is 0 Å². The van der Waals surface area contributed by atoms with E-state index in [1.807, 2.05) is 0 Å². The molecule has 0 aromatic heterocycles. The average molecular weight is 411 g/mol. The number of hydrogen-bond acceptors (Lipinski definition) is 4. The molecule has 0 aromatic carbocycles. The van der Waals surface area contributed by atoms with Crippen molar-refractivity contribution in [2.24, 2.45) is 10.8 Å². The first kappa shape index (κ1) is 24.4. The van der Waals surface area contributed by atoms with Crippen molar-refractivity contribution >= 4 is 5.97 Å². The van der Waals surface area contributed by atoms with Crippen LogP contribution in [0.25, 0.3) is 0 Å². The van der Waals surface area contributed by atoms with Gasteiger partial charge in [-0.15, -0.1) is 0 Å². The van der Waals surface area contributed by atoms with Gasteiger partial charge in [0.2, 0.25) is 0 Å². The molecule has 2 saturated heterocycles. The summed E-state index contributed by atoms with van der Waals surface area (Å²) in [6.07, 6.45) is 15.3. The van der Waals surface area contributed by atoms with E-state index in [4.69, 9.17) is 9.47 Å². The third-order valence-corrected chi connectivity index (χ3v) is 6.54. The quantitative estimate of drug-likeness (QED) is 0.437. The van der Waals surface area contributed by atoms with Crippen molar-refractivity contribution in [2.75, 3.05) is 6.61 Å². The van der Waals surface area contributed by atoms with Crippen molar-refractivity contribution < 1.29 is 24.5 Å². The van der Waals surface area contributed by atoms with Gasteiger partial charge in [0.15, 0.2) is 0 Å². The average Bonchev–Trinajstić information content (AvgIpc) is 3.29. The summed E-state index contributed by atoms with van der Waals surface area (Å²) in [6.45, 7) is 8.03. The zero-order valence-electron chi connectivity index (χ0n) is 18.9. The van der Waals surface area contributed by atoms with Gasteiger partial charge in [-0.3, -0.25) is 4.79 Å². The lowest BCUT2D eigenvalue weighted by molar-refractivity contribution is -0.147. The highest BCUT2D eigenvalue weighted by molar-refractivity contribution is 5.73. The standard InChI is InChI=1S/C24H42O5/c1-23(2,17-25)15-5-7-18-9-11-20(28-18)13-14-21-12-10-19(29-21)8-6-16-24(3,4)22(26)27/h13-14,18-21,25H,5-12,15-17H2,1-4H3,(H,26,27)/b14-13-. The second-order valence-electron chi connectivity index (χ2n) is 10.4. The predicted octanol–water partition coefficient (Wildman–Crippen LogP) is 5.11. The van der Waals surface area contributed by atoms with Crippen molar-refractivity contribution in [1.82, 2.24) is 0 Å². The van der Waals surface area contributed by atoms with E-state index in [0.29, 0.717) is 12.5 Å². The molecule has 2 heterocycles. The summed E-state index contributed by atoms with van der Waals surface area (Å²) in [6, 6.07) is 0. The molecule has 0 amide bonds. The minimum Gasteiger partial charge on any atom is -0.481 e. The molecule has 2 N–H and O–H groups in total. The fourth-order valence-electron chi connectivity index (χ4n) is 4.19. The molecule has 5 heteroatoms. The third-order valence-electron chi connectivity index (χ3n) is 6.54. The van der Waals surface area contributed by atoms with Gasteiger partial charge in [-0.05, 0) is 77.0 Å². The molecule has 4 atom stereocenters. The number of aliphatic hydroxyl groups is 1. The highest BCUT2D eigenvalue weighted by atomic mass is 16.5. The number of carbonyl (C=O) groups is 1. The van der Waals surface area contributed by atoms with E-state index < -0.39 is 11.4 Å². The van der Waals surface area contributed by atoms with Gasteiger partial charge in [0.1, 0.15) is 0 Å². The SMILES string of the molecule is CC(C)(CO)CCCC1CCC(/C=C\C2CCC(CCCC(C)(C)C(=O)O)O2)O1. The molecule has 168 valence electrons. The second kappa shape index (κ2) is 10.9. The van der Waals surface area contributed by atoms with E-state index in [2.05, 4.69) is 26.0 Å². The fraction of sp³-hybridized carbons (Fsp3) is 0.875. The summed E-state index contributed by atoms with van der Waals surface area (Å²) in [7, 11) is 0. The van der Waals surface area contributed by atoms with Crippen LogP contribution in [0, 0.1) is 10.8 Å². The van der Waals surface area contributed by atoms with Gasteiger partial charge in [0, 0.05) is 6.61 Å². The van der Waals surface area contributed by atoms with Crippen LogP contribution in [0.3, 0.4) is 0 Å². The Morgan fingerprint density at radius 2 is 1.38 bits per heavy atom. The van der Waals surface area contributed by atoms with E-state index in [-0.39, 0.29) is 30.3 Å². The maximum Gasteiger partial charge on any atom is 0.309 e. The zero-order valence-corrected chi connectivity index (χ0v) is 18.9. The van der Waals surface area contributed by atoms with Crippen molar-refractivity contribution in [2.45, 2.75) is 116 Å². The largest absolute Gasteiger partial charge is 0.481 e. The van der Waals surface area contributed by atoms with Crippen molar-refractivity contribution in [3.05, 3.63) is 12.2 Å². The Hall–Kier alpha value is -0.910. The van der Waals surface area contributed by atoms with Crippen LogP contribution in [0.15, 0.2) is 12.2 Å². The van der Waals surface area contributed by atoms with Gasteiger partial charge >= 0.3 is 5.97 Å². The van der Waals surface area contributed by atoms with Gasteiger partial charge < -0.3 is 19.7 Å². The van der Waals surface area contributed by atoms with Crippen LogP contribution in [0.1, 0.15) is 91.9 Å². The molecule has 0 aliphatic carbocycles. The number of carboxylic acids is 1. The summed E-state index contributed by atoms with van der Waals surface area (Å²) in [5.74, 6) is -0.724. The molecule has 2 fully saturated rings. The van der Waals surface area contributed by atoms with Gasteiger partial charge in [-0.2, -0.15) is 0 Å². The lowest BCUT2D eigenvalue weighted by Crippen LogP contribution is -2.24. The minimum atomic E-state index is -0.724. The first-order valence-electron chi connectivity index (χ1n) is 11.4. The van der Waals surface area contributed by atoms with Crippen molar-refractivity contribution in [3.63, 3.8) is 0 Å². The van der Waals surface area contributed by atoms with E-state index >= 15 is 0 Å². The normalized spacial score (nSPS) is 28.4. The lowest BCUT2D eigenvalue weighted by Gasteiger charge is -2.22. The number of hydrogen-bond donors (Lipinski definition) is 2. The zero-order chi connectivity index (χ0) is 21.5. The van der Waals surface area contributed by atoms with Gasteiger partial charge in [-0.25, -0.2) is 0 Å². The molecule has 0 radical (unpaired) electrons. The number of aliphatic carboxylic acids is 1. The molecule has 0 aromatic rings. The summed E-state index contributed by atoms with van der Waals surface area (Å²) < 4.78 is 12.3. The molecule has 0 bridgehead atoms. The maximum atomic E-state index is 11.2. The van der Waals surface area contributed by atoms with E-state index in [1.165, 1.54) is 0 Å². The molecule has 2 aliphatic rings. The number of carboxylic acid groups (broad SMARTS) is 1. The fourth-order valence-corrected chi connectivity index (χ4v) is 4.19. The number of aliphatic hydroxyl groups excluding tert-OH is 1. The van der Waals surface area contributed by atoms with Crippen LogP contribution in [0.2, 0.25) is 0 Å². The Morgan fingerprint density at radius 3 is 1.83 bits per heavy atom. The Labute approximate surface area is 176 Å². The van der Waals surface area contributed by atoms with Crippen LogP contribution in [0.5, 0.6) is 0 Å². The first-order valence-corrected chi connectivity index (χ1v) is 11.4. The topological polar surface area (TPSA) is 76.0 Å². The van der Waals surface area contributed by atoms with Gasteiger partial charge in [0.25, 0.3) is 0 Å². The second-order valence-corrected chi connectivity index (χ2v) is 10.4. The molecule has 2 aliphatic heterocycles. The Bertz CT molecular complexity index is 539. The monoisotopic (exact) mass is 410 g/mol. The predicted molar refractivity (Wildman–Crippen MR) is 115 cm³/mol. The smallest absolute Gasteiger partial charge is 0.309 e. The van der Waals surface area contributed by atoms with E-state index in [1.54, 1.807) is 13.8 Å². The maximum absolute atomic E-state index is 11.2. The van der Waals surface area contributed by atoms with E-state index in [9.17, 15) is 15.0 Å². The molecular formula is C24H42O5. The van der Waals surface area contributed by atoms with Crippen LogP contribution in [0.4, 0.5) is 0 Å². The molecule has 2 rings (SSSR count). The van der Waals surface area contributed by atoms with Crippen LogP contribution < -0.4 is 0 Å². The minimum absolute atomic E-state index is 0.0115. The summed E-state index contributed by atoms with van der Waals surface area (Å²) in [5.41, 5.74) is -0.639. The van der Waals surface area contributed by atoms with Crippen molar-refractivity contribution in [1.29, 1.82) is 0 Å². The molecule has 4 unspecified atom stereocenters. The summed E-state index contributed by atoms with van der Waals surface area (Å²) in [4.78, 5) is 11.2. The van der Waals surface area contributed by atoms with Gasteiger partial charge in [-0.1, -0.05) is 32.4 Å². The molecule has 0 spiro atoms. The van der Waals surface area contributed by atoms with Gasteiger partial charge in [0.05, 0.1) is 29.8 Å². The van der Waals surface area contributed by atoms with Crippen molar-refractivity contribution in [3.8, 4) is 0 Å². The van der Waals surface area contributed by atoms with E-state index in [0.717, 1.165) is 57.8 Å². The lowest BCUT2D eigenvalue weighted by atomic mass is 9.87. The summed E-state index contributed by atoms with van der Waals surface area (Å²) >= 11 is 0. The molecule has 0 saturated carbocycles. The highest BCUT2D eigenvalue weighted by Gasteiger charge is 2.29. The van der Waals surface area contributed by atoms with Crippen LogP contribution in [-0.4, -0.2) is 47.2 Å². The molecule has 29 heavy (non-hydrogen) atoms. The summed E-state index contributed by atoms with van der Waals surface area (Å²) in [5, 5.41) is 18.6. The Morgan fingerprint density at radius 1 is 0.897 bits per heavy atom. The first-order chi connectivity index (χ1) is 13.6. The third kappa shape index (κ3) is 8.39. The highest BCUT2D eigenvalue weighted by Crippen LogP contribution is 2.31. The Kier molecular flexibility index (Phi) is 9.17. The Balaban J connectivity index is 1.62.